The lowest BCUT2D eigenvalue weighted by atomic mass is 10.2. The third-order valence-electron chi connectivity index (χ3n) is 4.28. The van der Waals surface area contributed by atoms with Crippen LogP contribution in [0.1, 0.15) is 18.5 Å². The van der Waals surface area contributed by atoms with Gasteiger partial charge in [-0.25, -0.2) is 0 Å². The van der Waals surface area contributed by atoms with E-state index in [1.165, 1.54) is 0 Å². The SMILES string of the molecule is O=C(C1CCCN1)N1CCN(Cc2ncccc2O)CC1. The molecule has 0 aliphatic carbocycles. The Labute approximate surface area is 124 Å². The third-order valence-corrected chi connectivity index (χ3v) is 4.28. The smallest absolute Gasteiger partial charge is 0.239 e. The van der Waals surface area contributed by atoms with Crippen LogP contribution in [-0.2, 0) is 11.3 Å². The summed E-state index contributed by atoms with van der Waals surface area (Å²) in [6, 6.07) is 3.41. The zero-order chi connectivity index (χ0) is 14.7. The molecule has 6 heteroatoms. The summed E-state index contributed by atoms with van der Waals surface area (Å²) in [6.07, 6.45) is 3.75. The van der Waals surface area contributed by atoms with E-state index in [0.717, 1.165) is 45.6 Å². The number of nitrogens with zero attached hydrogens (tertiary/aromatic N) is 3. The molecule has 21 heavy (non-hydrogen) atoms. The van der Waals surface area contributed by atoms with Crippen LogP contribution in [0.2, 0.25) is 0 Å². The maximum absolute atomic E-state index is 12.3. The Balaban J connectivity index is 1.51. The highest BCUT2D eigenvalue weighted by atomic mass is 16.3. The van der Waals surface area contributed by atoms with Crippen LogP contribution in [0, 0.1) is 0 Å². The Morgan fingerprint density at radius 2 is 2.19 bits per heavy atom. The summed E-state index contributed by atoms with van der Waals surface area (Å²) in [4.78, 5) is 20.7. The van der Waals surface area contributed by atoms with Crippen LogP contribution in [0.3, 0.4) is 0 Å². The zero-order valence-electron chi connectivity index (χ0n) is 12.2. The lowest BCUT2D eigenvalue weighted by molar-refractivity contribution is -0.134. The van der Waals surface area contributed by atoms with Gasteiger partial charge in [0.15, 0.2) is 0 Å². The van der Waals surface area contributed by atoms with E-state index < -0.39 is 0 Å². The van der Waals surface area contributed by atoms with Crippen LogP contribution in [0.4, 0.5) is 0 Å². The van der Waals surface area contributed by atoms with Crippen LogP contribution in [0.25, 0.3) is 0 Å². The minimum absolute atomic E-state index is 0.0244. The number of nitrogens with one attached hydrogen (secondary N) is 1. The first-order chi connectivity index (χ1) is 10.2. The molecule has 1 amide bonds. The van der Waals surface area contributed by atoms with Crippen molar-refractivity contribution in [2.75, 3.05) is 32.7 Å². The van der Waals surface area contributed by atoms with Gasteiger partial charge in [0.05, 0.1) is 11.7 Å². The molecule has 1 unspecified atom stereocenters. The molecule has 0 radical (unpaired) electrons. The van der Waals surface area contributed by atoms with Gasteiger partial charge in [0.2, 0.25) is 5.91 Å². The summed E-state index contributed by atoms with van der Waals surface area (Å²) >= 11 is 0. The molecular formula is C15H22N4O2. The maximum atomic E-state index is 12.3. The lowest BCUT2D eigenvalue weighted by Gasteiger charge is -2.35. The fraction of sp³-hybridized carbons (Fsp3) is 0.600. The second-order valence-corrected chi connectivity index (χ2v) is 5.72. The molecule has 2 aliphatic heterocycles. The monoisotopic (exact) mass is 290 g/mol. The Bertz CT molecular complexity index is 494. The molecule has 3 heterocycles. The first kappa shape index (κ1) is 14.3. The van der Waals surface area contributed by atoms with Gasteiger partial charge in [-0.3, -0.25) is 14.7 Å². The molecule has 6 nitrogen and oxygen atoms in total. The van der Waals surface area contributed by atoms with Gasteiger partial charge in [-0.15, -0.1) is 0 Å². The molecule has 1 aromatic heterocycles. The van der Waals surface area contributed by atoms with E-state index in [2.05, 4.69) is 15.2 Å². The Kier molecular flexibility index (Phi) is 4.36. The summed E-state index contributed by atoms with van der Waals surface area (Å²) in [6.45, 7) is 4.75. The minimum Gasteiger partial charge on any atom is -0.506 e. The molecule has 2 fully saturated rings. The van der Waals surface area contributed by atoms with E-state index in [1.54, 1.807) is 18.3 Å². The predicted molar refractivity (Wildman–Crippen MR) is 78.8 cm³/mol. The van der Waals surface area contributed by atoms with Crippen molar-refractivity contribution in [2.45, 2.75) is 25.4 Å². The van der Waals surface area contributed by atoms with E-state index in [9.17, 15) is 9.90 Å². The number of carbonyl (C=O) groups is 1. The normalized spacial score (nSPS) is 23.4. The number of hydrogen-bond acceptors (Lipinski definition) is 5. The van der Waals surface area contributed by atoms with E-state index in [1.807, 2.05) is 4.90 Å². The average molecular weight is 290 g/mol. The minimum atomic E-state index is 0.0244. The van der Waals surface area contributed by atoms with Gasteiger partial charge in [-0.2, -0.15) is 0 Å². The molecule has 1 aromatic rings. The molecule has 0 saturated carbocycles. The molecule has 2 saturated heterocycles. The standard InChI is InChI=1S/C15H22N4O2/c20-14-4-2-6-17-13(14)11-18-7-9-19(10-8-18)15(21)12-3-1-5-16-12/h2,4,6,12,16,20H,1,3,5,7-11H2. The van der Waals surface area contributed by atoms with Gasteiger partial charge in [-0.05, 0) is 31.5 Å². The van der Waals surface area contributed by atoms with E-state index in [0.29, 0.717) is 12.2 Å². The fourth-order valence-corrected chi connectivity index (χ4v) is 3.01. The van der Waals surface area contributed by atoms with Crippen molar-refractivity contribution >= 4 is 5.91 Å². The molecule has 2 aliphatic rings. The molecular weight excluding hydrogens is 268 g/mol. The summed E-state index contributed by atoms with van der Waals surface area (Å²) in [7, 11) is 0. The Morgan fingerprint density at radius 1 is 1.38 bits per heavy atom. The van der Waals surface area contributed by atoms with Crippen molar-refractivity contribution in [1.29, 1.82) is 0 Å². The third kappa shape index (κ3) is 3.33. The molecule has 0 aromatic carbocycles. The predicted octanol–water partition coefficient (Wildman–Crippen LogP) is 0.183. The first-order valence-electron chi connectivity index (χ1n) is 7.61. The van der Waals surface area contributed by atoms with Gasteiger partial charge < -0.3 is 15.3 Å². The van der Waals surface area contributed by atoms with Crippen molar-refractivity contribution in [3.63, 3.8) is 0 Å². The number of aromatic hydroxyl groups is 1. The van der Waals surface area contributed by atoms with Gasteiger partial charge in [0, 0.05) is 38.9 Å². The quantitative estimate of drug-likeness (QED) is 0.831. The highest BCUT2D eigenvalue weighted by molar-refractivity contribution is 5.82. The van der Waals surface area contributed by atoms with Crippen LogP contribution in [0.5, 0.6) is 5.75 Å². The molecule has 0 spiro atoms. The Morgan fingerprint density at radius 3 is 2.86 bits per heavy atom. The first-order valence-corrected chi connectivity index (χ1v) is 7.61. The van der Waals surface area contributed by atoms with E-state index in [4.69, 9.17) is 0 Å². The van der Waals surface area contributed by atoms with Crippen LogP contribution in [0.15, 0.2) is 18.3 Å². The summed E-state index contributed by atoms with van der Waals surface area (Å²) in [5.41, 5.74) is 0.703. The molecule has 1 atom stereocenters. The summed E-state index contributed by atoms with van der Waals surface area (Å²) < 4.78 is 0. The highest BCUT2D eigenvalue weighted by Gasteiger charge is 2.29. The second-order valence-electron chi connectivity index (χ2n) is 5.72. The van der Waals surface area contributed by atoms with Crippen LogP contribution < -0.4 is 5.32 Å². The number of rotatable bonds is 3. The van der Waals surface area contributed by atoms with E-state index >= 15 is 0 Å². The number of aromatic nitrogens is 1. The average Bonchev–Trinajstić information content (AvgIpc) is 3.04. The van der Waals surface area contributed by atoms with Crippen LogP contribution >= 0.6 is 0 Å². The Hall–Kier alpha value is -1.66. The van der Waals surface area contributed by atoms with Crippen molar-refractivity contribution < 1.29 is 9.90 Å². The highest BCUT2D eigenvalue weighted by Crippen LogP contribution is 2.17. The van der Waals surface area contributed by atoms with Gasteiger partial charge >= 0.3 is 0 Å². The second kappa shape index (κ2) is 6.41. The van der Waals surface area contributed by atoms with Crippen molar-refractivity contribution in [3.05, 3.63) is 24.0 Å². The van der Waals surface area contributed by atoms with Crippen molar-refractivity contribution in [2.24, 2.45) is 0 Å². The van der Waals surface area contributed by atoms with Gasteiger partial charge in [0.1, 0.15) is 5.75 Å². The number of hydrogen-bond donors (Lipinski definition) is 2. The molecule has 3 rings (SSSR count). The fourth-order valence-electron chi connectivity index (χ4n) is 3.01. The largest absolute Gasteiger partial charge is 0.506 e. The number of carbonyl (C=O) groups excluding carboxylic acids is 1. The van der Waals surface area contributed by atoms with Crippen molar-refractivity contribution in [1.82, 2.24) is 20.1 Å². The zero-order valence-corrected chi connectivity index (χ0v) is 12.2. The number of pyridine rings is 1. The maximum Gasteiger partial charge on any atom is 0.239 e. The van der Waals surface area contributed by atoms with Gasteiger partial charge in [0.25, 0.3) is 0 Å². The molecule has 2 N–H and O–H groups in total. The van der Waals surface area contributed by atoms with Gasteiger partial charge in [-0.1, -0.05) is 0 Å². The summed E-state index contributed by atoms with van der Waals surface area (Å²) in [5, 5.41) is 13.0. The molecule has 0 bridgehead atoms. The number of amides is 1. The number of piperazine rings is 1. The molecule has 114 valence electrons. The van der Waals surface area contributed by atoms with E-state index in [-0.39, 0.29) is 17.7 Å². The lowest BCUT2D eigenvalue weighted by Crippen LogP contribution is -2.52. The summed E-state index contributed by atoms with van der Waals surface area (Å²) in [5.74, 6) is 0.485. The topological polar surface area (TPSA) is 68.7 Å². The van der Waals surface area contributed by atoms with Crippen molar-refractivity contribution in [3.8, 4) is 5.75 Å². The van der Waals surface area contributed by atoms with Crippen LogP contribution in [-0.4, -0.2) is 64.6 Å².